The van der Waals surface area contributed by atoms with Crippen LogP contribution in [0.4, 0.5) is 0 Å². The molecule has 1 aliphatic carbocycles. The second-order valence-corrected chi connectivity index (χ2v) is 7.61. The van der Waals surface area contributed by atoms with Gasteiger partial charge in [-0.05, 0) is 37.8 Å². The normalized spacial score (nSPS) is 20.6. The van der Waals surface area contributed by atoms with Crippen molar-refractivity contribution < 1.29 is 14.3 Å². The summed E-state index contributed by atoms with van der Waals surface area (Å²) in [6, 6.07) is 8.31. The first kappa shape index (κ1) is 18.7. The van der Waals surface area contributed by atoms with Crippen molar-refractivity contribution in [3.63, 3.8) is 0 Å². The first-order valence-electron chi connectivity index (χ1n) is 9.79. The molecule has 0 bridgehead atoms. The van der Waals surface area contributed by atoms with E-state index in [0.717, 1.165) is 30.6 Å². The number of nitrogens with zero attached hydrogens (tertiary/aromatic N) is 2. The summed E-state index contributed by atoms with van der Waals surface area (Å²) in [5, 5.41) is 0. The monoisotopic (exact) mass is 358 g/mol. The maximum atomic E-state index is 12.7. The standard InChI is InChI=1S/C21H30N2O3/c1-16-8-3-6-11-19(16)26-13-7-12-22(2)21(25)17-14-20(24)23(15-17)18-9-4-5-10-18/h3,6,8,11,17-18H,4-5,7,9-10,12-15H2,1-2H3. The van der Waals surface area contributed by atoms with Crippen LogP contribution in [0, 0.1) is 12.8 Å². The van der Waals surface area contributed by atoms with Crippen LogP contribution in [0.25, 0.3) is 0 Å². The zero-order chi connectivity index (χ0) is 18.5. The Balaban J connectivity index is 1.42. The third-order valence-corrected chi connectivity index (χ3v) is 5.64. The van der Waals surface area contributed by atoms with Crippen molar-refractivity contribution in [3.05, 3.63) is 29.8 Å². The summed E-state index contributed by atoms with van der Waals surface area (Å²) in [5.41, 5.74) is 1.12. The largest absolute Gasteiger partial charge is 0.493 e. The van der Waals surface area contributed by atoms with E-state index in [1.165, 1.54) is 12.8 Å². The lowest BCUT2D eigenvalue weighted by Crippen LogP contribution is -2.38. The Morgan fingerprint density at radius 2 is 2.00 bits per heavy atom. The molecule has 1 unspecified atom stereocenters. The molecule has 0 spiro atoms. The molecule has 1 aromatic rings. The molecule has 3 rings (SSSR count). The van der Waals surface area contributed by atoms with Gasteiger partial charge in [-0.15, -0.1) is 0 Å². The Bertz CT molecular complexity index is 640. The molecule has 0 N–H and O–H groups in total. The smallest absolute Gasteiger partial charge is 0.227 e. The van der Waals surface area contributed by atoms with E-state index in [1.807, 2.05) is 43.1 Å². The highest BCUT2D eigenvalue weighted by molar-refractivity contribution is 5.89. The van der Waals surface area contributed by atoms with Crippen LogP contribution in [0.15, 0.2) is 24.3 Å². The Morgan fingerprint density at radius 3 is 2.73 bits per heavy atom. The summed E-state index contributed by atoms with van der Waals surface area (Å²) in [6.45, 7) is 3.86. The van der Waals surface area contributed by atoms with Crippen LogP contribution < -0.4 is 4.74 Å². The number of hydrogen-bond donors (Lipinski definition) is 0. The van der Waals surface area contributed by atoms with Gasteiger partial charge in [-0.2, -0.15) is 0 Å². The average Bonchev–Trinajstić information content (AvgIpc) is 3.28. The lowest BCUT2D eigenvalue weighted by atomic mass is 10.1. The fourth-order valence-electron chi connectivity index (χ4n) is 4.09. The highest BCUT2D eigenvalue weighted by Gasteiger charge is 2.39. The number of hydrogen-bond acceptors (Lipinski definition) is 3. The van der Waals surface area contributed by atoms with Gasteiger partial charge in [0.25, 0.3) is 0 Å². The minimum atomic E-state index is -0.176. The van der Waals surface area contributed by atoms with Crippen molar-refractivity contribution >= 4 is 11.8 Å². The summed E-state index contributed by atoms with van der Waals surface area (Å²) in [4.78, 5) is 28.7. The van der Waals surface area contributed by atoms with E-state index in [0.29, 0.717) is 32.2 Å². The molecule has 1 atom stereocenters. The molecule has 2 fully saturated rings. The number of benzene rings is 1. The first-order valence-corrected chi connectivity index (χ1v) is 9.79. The SMILES string of the molecule is Cc1ccccc1OCCCN(C)C(=O)C1CC(=O)N(C2CCCC2)C1. The second kappa shape index (κ2) is 8.56. The van der Waals surface area contributed by atoms with Crippen LogP contribution in [-0.4, -0.2) is 54.4 Å². The number of carbonyl (C=O) groups excluding carboxylic acids is 2. The number of aryl methyl sites for hydroxylation is 1. The van der Waals surface area contributed by atoms with Crippen molar-refractivity contribution in [2.45, 2.75) is 51.5 Å². The first-order chi connectivity index (χ1) is 12.6. The van der Waals surface area contributed by atoms with Crippen LogP contribution in [-0.2, 0) is 9.59 Å². The predicted molar refractivity (Wildman–Crippen MR) is 101 cm³/mol. The van der Waals surface area contributed by atoms with Crippen LogP contribution >= 0.6 is 0 Å². The van der Waals surface area contributed by atoms with Gasteiger partial charge in [0.2, 0.25) is 11.8 Å². The zero-order valence-electron chi connectivity index (χ0n) is 15.9. The van der Waals surface area contributed by atoms with Crippen molar-refractivity contribution in [3.8, 4) is 5.75 Å². The molecule has 0 radical (unpaired) electrons. The maximum absolute atomic E-state index is 12.7. The van der Waals surface area contributed by atoms with Gasteiger partial charge < -0.3 is 14.5 Å². The van der Waals surface area contributed by atoms with E-state index in [2.05, 4.69) is 0 Å². The van der Waals surface area contributed by atoms with Crippen LogP contribution in [0.1, 0.15) is 44.1 Å². The molecule has 0 aromatic heterocycles. The summed E-state index contributed by atoms with van der Waals surface area (Å²) in [6.07, 6.45) is 5.75. The van der Waals surface area contributed by atoms with E-state index in [1.54, 1.807) is 4.90 Å². The summed E-state index contributed by atoms with van der Waals surface area (Å²) in [5.74, 6) is 0.974. The number of carbonyl (C=O) groups is 2. The highest BCUT2D eigenvalue weighted by Crippen LogP contribution is 2.30. The molecule has 5 nitrogen and oxygen atoms in total. The number of ether oxygens (including phenoxy) is 1. The van der Waals surface area contributed by atoms with Gasteiger partial charge >= 0.3 is 0 Å². The lowest BCUT2D eigenvalue weighted by Gasteiger charge is -2.25. The van der Waals surface area contributed by atoms with Crippen molar-refractivity contribution in [1.29, 1.82) is 0 Å². The molecule has 1 heterocycles. The topological polar surface area (TPSA) is 49.9 Å². The van der Waals surface area contributed by atoms with Gasteiger partial charge in [0.1, 0.15) is 5.75 Å². The molecule has 5 heteroatoms. The number of para-hydroxylation sites is 1. The summed E-state index contributed by atoms with van der Waals surface area (Å²) in [7, 11) is 1.83. The summed E-state index contributed by atoms with van der Waals surface area (Å²) < 4.78 is 5.79. The molecular formula is C21H30N2O3. The zero-order valence-corrected chi connectivity index (χ0v) is 15.9. The molecule has 1 saturated heterocycles. The highest BCUT2D eigenvalue weighted by atomic mass is 16.5. The molecule has 2 amide bonds. The average molecular weight is 358 g/mol. The quantitative estimate of drug-likeness (QED) is 0.704. The van der Waals surface area contributed by atoms with E-state index in [9.17, 15) is 9.59 Å². The lowest BCUT2D eigenvalue weighted by molar-refractivity contribution is -0.134. The van der Waals surface area contributed by atoms with Gasteiger partial charge in [0.15, 0.2) is 0 Å². The van der Waals surface area contributed by atoms with E-state index in [-0.39, 0.29) is 17.7 Å². The van der Waals surface area contributed by atoms with E-state index < -0.39 is 0 Å². The van der Waals surface area contributed by atoms with Gasteiger partial charge in [-0.1, -0.05) is 31.0 Å². The number of rotatable bonds is 7. The van der Waals surface area contributed by atoms with Crippen molar-refractivity contribution in [2.24, 2.45) is 5.92 Å². The molecule has 1 saturated carbocycles. The fraction of sp³-hybridized carbons (Fsp3) is 0.619. The number of likely N-dealkylation sites (tertiary alicyclic amines) is 1. The van der Waals surface area contributed by atoms with Crippen LogP contribution in [0.2, 0.25) is 0 Å². The van der Waals surface area contributed by atoms with Crippen molar-refractivity contribution in [1.82, 2.24) is 9.80 Å². The van der Waals surface area contributed by atoms with Gasteiger partial charge in [0, 0.05) is 32.6 Å². The van der Waals surface area contributed by atoms with E-state index >= 15 is 0 Å². The molecular weight excluding hydrogens is 328 g/mol. The fourth-order valence-corrected chi connectivity index (χ4v) is 4.09. The van der Waals surface area contributed by atoms with Crippen LogP contribution in [0.5, 0.6) is 5.75 Å². The predicted octanol–water partition coefficient (Wildman–Crippen LogP) is 3.01. The molecule has 1 aliphatic heterocycles. The maximum Gasteiger partial charge on any atom is 0.227 e. The van der Waals surface area contributed by atoms with Gasteiger partial charge in [-0.3, -0.25) is 9.59 Å². The van der Waals surface area contributed by atoms with Crippen molar-refractivity contribution in [2.75, 3.05) is 26.7 Å². The molecule has 26 heavy (non-hydrogen) atoms. The second-order valence-electron chi connectivity index (χ2n) is 7.61. The minimum Gasteiger partial charge on any atom is -0.493 e. The third-order valence-electron chi connectivity index (χ3n) is 5.64. The minimum absolute atomic E-state index is 0.0924. The molecule has 142 valence electrons. The van der Waals surface area contributed by atoms with Gasteiger partial charge in [0.05, 0.1) is 12.5 Å². The molecule has 2 aliphatic rings. The van der Waals surface area contributed by atoms with Crippen LogP contribution in [0.3, 0.4) is 0 Å². The Morgan fingerprint density at radius 1 is 1.27 bits per heavy atom. The van der Waals surface area contributed by atoms with E-state index in [4.69, 9.17) is 4.74 Å². The van der Waals surface area contributed by atoms with Gasteiger partial charge in [-0.25, -0.2) is 0 Å². The molecule has 1 aromatic carbocycles. The third kappa shape index (κ3) is 4.37. The number of amides is 2. The Labute approximate surface area is 156 Å². The Hall–Kier alpha value is -2.04. The Kier molecular flexibility index (Phi) is 6.17. The summed E-state index contributed by atoms with van der Waals surface area (Å²) >= 11 is 0.